The molecule has 4 aromatic rings. The molecule has 2 heterocycles. The fourth-order valence-electron chi connectivity index (χ4n) is 2.59. The van der Waals surface area contributed by atoms with Crippen molar-refractivity contribution in [3.05, 3.63) is 77.2 Å². The summed E-state index contributed by atoms with van der Waals surface area (Å²) in [6, 6.07) is 19.5. The average molecular weight is 377 g/mol. The van der Waals surface area contributed by atoms with Crippen LogP contribution in [0, 0.1) is 0 Å². The molecule has 2 aromatic carbocycles. The van der Waals surface area contributed by atoms with Crippen LogP contribution in [-0.4, -0.2) is 15.9 Å². The van der Waals surface area contributed by atoms with Crippen molar-refractivity contribution < 1.29 is 4.79 Å². The van der Waals surface area contributed by atoms with Gasteiger partial charge in [0.15, 0.2) is 5.82 Å². The van der Waals surface area contributed by atoms with Crippen molar-refractivity contribution in [1.82, 2.24) is 9.97 Å². The number of fused-ring (bicyclic) bond motifs is 1. The average Bonchev–Trinajstić information content (AvgIpc) is 3.21. The number of para-hydroxylation sites is 1. The van der Waals surface area contributed by atoms with Gasteiger partial charge < -0.3 is 5.73 Å². The first-order chi connectivity index (χ1) is 12.7. The van der Waals surface area contributed by atoms with E-state index in [-0.39, 0.29) is 0 Å². The van der Waals surface area contributed by atoms with Gasteiger partial charge in [-0.2, -0.15) is 0 Å². The second-order valence-electron chi connectivity index (χ2n) is 5.70. The number of aromatic nitrogens is 2. The Morgan fingerprint density at radius 1 is 1.00 bits per heavy atom. The monoisotopic (exact) mass is 377 g/mol. The Balaban J connectivity index is 1.65. The predicted octanol–water partition coefficient (Wildman–Crippen LogP) is 4.75. The number of amides is 1. The lowest BCUT2D eigenvalue weighted by molar-refractivity contribution is 0.100. The van der Waals surface area contributed by atoms with Crippen LogP contribution in [0.5, 0.6) is 0 Å². The predicted molar refractivity (Wildman–Crippen MR) is 107 cm³/mol. The molecule has 0 spiro atoms. The lowest BCUT2D eigenvalue weighted by Crippen LogP contribution is -2.10. The molecule has 0 unspecified atom stereocenters. The first-order valence-corrected chi connectivity index (χ1v) is 9.89. The van der Waals surface area contributed by atoms with Gasteiger partial charge in [-0.1, -0.05) is 36.4 Å². The molecule has 4 rings (SSSR count). The van der Waals surface area contributed by atoms with Crippen molar-refractivity contribution in [1.29, 1.82) is 0 Å². The fraction of sp³-hybridized carbons (Fsp3) is 0.0500. The van der Waals surface area contributed by atoms with E-state index < -0.39 is 5.91 Å². The normalized spacial score (nSPS) is 10.9. The largest absolute Gasteiger partial charge is 0.366 e. The second kappa shape index (κ2) is 7.27. The van der Waals surface area contributed by atoms with Gasteiger partial charge in [0, 0.05) is 16.7 Å². The molecule has 0 aliphatic heterocycles. The number of nitrogens with zero attached hydrogens (tertiary/aromatic N) is 2. The SMILES string of the molecule is NC(=O)c1ccc(CSc2nc(-c3cccs3)nc3ccccc23)cc1. The Bertz CT molecular complexity index is 1060. The third-order valence-corrected chi connectivity index (χ3v) is 5.85. The topological polar surface area (TPSA) is 68.9 Å². The molecule has 0 radical (unpaired) electrons. The number of carbonyl (C=O) groups is 1. The Kier molecular flexibility index (Phi) is 4.69. The Labute approximate surface area is 159 Å². The Morgan fingerprint density at radius 3 is 2.54 bits per heavy atom. The van der Waals surface area contributed by atoms with Crippen LogP contribution in [0.4, 0.5) is 0 Å². The van der Waals surface area contributed by atoms with E-state index in [1.807, 2.05) is 53.9 Å². The molecule has 0 aliphatic carbocycles. The van der Waals surface area contributed by atoms with Gasteiger partial charge in [0.05, 0.1) is 10.4 Å². The minimum absolute atomic E-state index is 0.411. The number of hydrogen-bond donors (Lipinski definition) is 1. The maximum atomic E-state index is 11.2. The van der Waals surface area contributed by atoms with Crippen molar-refractivity contribution in [2.75, 3.05) is 0 Å². The van der Waals surface area contributed by atoms with E-state index in [1.54, 1.807) is 35.2 Å². The molecule has 26 heavy (non-hydrogen) atoms. The van der Waals surface area contributed by atoms with E-state index in [9.17, 15) is 4.79 Å². The minimum atomic E-state index is -0.411. The van der Waals surface area contributed by atoms with Crippen molar-refractivity contribution >= 4 is 39.9 Å². The molecule has 0 atom stereocenters. The molecule has 1 amide bonds. The number of carbonyl (C=O) groups excluding carboxylic acids is 1. The van der Waals surface area contributed by atoms with Gasteiger partial charge in [-0.3, -0.25) is 4.79 Å². The smallest absolute Gasteiger partial charge is 0.248 e. The molecule has 0 saturated heterocycles. The quantitative estimate of drug-likeness (QED) is 0.402. The molecule has 2 aromatic heterocycles. The lowest BCUT2D eigenvalue weighted by Gasteiger charge is -2.08. The second-order valence-corrected chi connectivity index (χ2v) is 7.61. The van der Waals surface area contributed by atoms with Crippen LogP contribution in [0.25, 0.3) is 21.6 Å². The van der Waals surface area contributed by atoms with Crippen LogP contribution in [0.3, 0.4) is 0 Å². The van der Waals surface area contributed by atoms with Gasteiger partial charge in [0.2, 0.25) is 5.91 Å². The lowest BCUT2D eigenvalue weighted by atomic mass is 10.1. The van der Waals surface area contributed by atoms with E-state index in [1.165, 1.54) is 0 Å². The van der Waals surface area contributed by atoms with Crippen LogP contribution < -0.4 is 5.73 Å². The third kappa shape index (κ3) is 3.47. The number of rotatable bonds is 5. The van der Waals surface area contributed by atoms with Gasteiger partial charge in [0.1, 0.15) is 5.03 Å². The number of thiophene rings is 1. The molecule has 0 saturated carbocycles. The summed E-state index contributed by atoms with van der Waals surface area (Å²) >= 11 is 3.30. The minimum Gasteiger partial charge on any atom is -0.366 e. The third-order valence-electron chi connectivity index (χ3n) is 3.92. The molecule has 0 aliphatic rings. The number of benzene rings is 2. The summed E-state index contributed by atoms with van der Waals surface area (Å²) in [6.45, 7) is 0. The highest BCUT2D eigenvalue weighted by atomic mass is 32.2. The van der Waals surface area contributed by atoms with Crippen LogP contribution in [-0.2, 0) is 5.75 Å². The zero-order valence-electron chi connectivity index (χ0n) is 13.8. The molecule has 0 bridgehead atoms. The first kappa shape index (κ1) is 16.8. The highest BCUT2D eigenvalue weighted by molar-refractivity contribution is 7.98. The van der Waals surface area contributed by atoms with Crippen molar-refractivity contribution in [3.8, 4) is 10.7 Å². The maximum Gasteiger partial charge on any atom is 0.248 e. The van der Waals surface area contributed by atoms with Crippen molar-refractivity contribution in [2.24, 2.45) is 5.73 Å². The summed E-state index contributed by atoms with van der Waals surface area (Å²) in [5, 5.41) is 4.03. The Hall–Kier alpha value is -2.70. The number of hydrogen-bond acceptors (Lipinski definition) is 5. The van der Waals surface area contributed by atoms with Crippen LogP contribution in [0.2, 0.25) is 0 Å². The molecule has 4 nitrogen and oxygen atoms in total. The van der Waals surface area contributed by atoms with Gasteiger partial charge in [-0.05, 0) is 35.2 Å². The highest BCUT2D eigenvalue weighted by Crippen LogP contribution is 2.31. The molecule has 0 fully saturated rings. The molecular weight excluding hydrogens is 362 g/mol. The summed E-state index contributed by atoms with van der Waals surface area (Å²) in [4.78, 5) is 21.7. The molecular formula is C20H15N3OS2. The standard InChI is InChI=1S/C20H15N3OS2/c21-18(24)14-9-7-13(8-10-14)12-26-20-15-4-1-2-5-16(15)22-19(23-20)17-6-3-11-25-17/h1-11H,12H2,(H2,21,24). The molecule has 2 N–H and O–H groups in total. The summed E-state index contributed by atoms with van der Waals surface area (Å²) in [5.41, 5.74) is 7.87. The molecule has 128 valence electrons. The van der Waals surface area contributed by atoms with Gasteiger partial charge in [-0.15, -0.1) is 23.1 Å². The van der Waals surface area contributed by atoms with Crippen LogP contribution in [0.1, 0.15) is 15.9 Å². The highest BCUT2D eigenvalue weighted by Gasteiger charge is 2.11. The summed E-state index contributed by atoms with van der Waals surface area (Å²) in [7, 11) is 0. The van der Waals surface area contributed by atoms with E-state index in [4.69, 9.17) is 15.7 Å². The summed E-state index contributed by atoms with van der Waals surface area (Å²) in [5.74, 6) is 1.10. The zero-order chi connectivity index (χ0) is 17.9. The van der Waals surface area contributed by atoms with Crippen LogP contribution in [0.15, 0.2) is 71.1 Å². The van der Waals surface area contributed by atoms with E-state index in [0.29, 0.717) is 5.56 Å². The summed E-state index contributed by atoms with van der Waals surface area (Å²) < 4.78 is 0. The molecule has 6 heteroatoms. The maximum absolute atomic E-state index is 11.2. The fourth-order valence-corrected chi connectivity index (χ4v) is 4.22. The van der Waals surface area contributed by atoms with Gasteiger partial charge >= 0.3 is 0 Å². The Morgan fingerprint density at radius 2 is 1.81 bits per heavy atom. The first-order valence-electron chi connectivity index (χ1n) is 8.03. The van der Waals surface area contributed by atoms with E-state index >= 15 is 0 Å². The van der Waals surface area contributed by atoms with Crippen LogP contribution >= 0.6 is 23.1 Å². The summed E-state index contributed by atoms with van der Waals surface area (Å²) in [6.07, 6.45) is 0. The number of thioether (sulfide) groups is 1. The van der Waals surface area contributed by atoms with Crippen molar-refractivity contribution in [3.63, 3.8) is 0 Å². The van der Waals surface area contributed by atoms with Crippen molar-refractivity contribution in [2.45, 2.75) is 10.8 Å². The van der Waals surface area contributed by atoms with E-state index in [0.717, 1.165) is 37.9 Å². The van der Waals surface area contributed by atoms with E-state index in [2.05, 4.69) is 0 Å². The number of nitrogens with two attached hydrogens (primary N) is 1. The number of primary amides is 1. The van der Waals surface area contributed by atoms with Gasteiger partial charge in [-0.25, -0.2) is 9.97 Å². The van der Waals surface area contributed by atoms with Gasteiger partial charge in [0.25, 0.3) is 0 Å². The zero-order valence-corrected chi connectivity index (χ0v) is 15.4.